The van der Waals surface area contributed by atoms with Crippen molar-refractivity contribution in [2.24, 2.45) is 0 Å². The largest absolute Gasteiger partial charge is 0.425 e. The van der Waals surface area contributed by atoms with Crippen LogP contribution in [0.2, 0.25) is 0 Å². The Bertz CT molecular complexity index is 322. The molecule has 2 heterocycles. The Labute approximate surface area is 107 Å². The summed E-state index contributed by atoms with van der Waals surface area (Å²) in [4.78, 5) is 0. The van der Waals surface area contributed by atoms with Crippen molar-refractivity contribution in [3.05, 3.63) is 11.8 Å². The van der Waals surface area contributed by atoms with Gasteiger partial charge in [-0.25, -0.2) is 0 Å². The molecule has 1 aromatic rings. The number of piperidine rings is 1. The summed E-state index contributed by atoms with van der Waals surface area (Å²) in [7, 11) is 0. The zero-order chi connectivity index (χ0) is 9.38. The molecule has 1 aromatic heterocycles. The van der Waals surface area contributed by atoms with Crippen molar-refractivity contribution < 1.29 is 4.42 Å². The van der Waals surface area contributed by atoms with Gasteiger partial charge in [0.1, 0.15) is 0 Å². The van der Waals surface area contributed by atoms with Crippen LogP contribution in [0, 0.1) is 0 Å². The topological polar surface area (TPSA) is 51.0 Å². The van der Waals surface area contributed by atoms with E-state index in [1.54, 1.807) is 0 Å². The highest BCUT2D eigenvalue weighted by molar-refractivity contribution is 5.85. The molecule has 1 saturated carbocycles. The van der Waals surface area contributed by atoms with E-state index in [9.17, 15) is 0 Å². The van der Waals surface area contributed by atoms with Crippen LogP contribution in [0.3, 0.4) is 0 Å². The Morgan fingerprint density at radius 1 is 0.875 bits per heavy atom. The molecular formula is C10H17Cl2N3O. The first kappa shape index (κ1) is 13.7. The molecule has 4 nitrogen and oxygen atoms in total. The van der Waals surface area contributed by atoms with Gasteiger partial charge in [-0.1, -0.05) is 0 Å². The van der Waals surface area contributed by atoms with Crippen molar-refractivity contribution in [1.29, 1.82) is 0 Å². The van der Waals surface area contributed by atoms with Crippen molar-refractivity contribution >= 4 is 24.8 Å². The first-order valence-corrected chi connectivity index (χ1v) is 5.47. The number of nitrogens with one attached hydrogen (secondary N) is 1. The van der Waals surface area contributed by atoms with Crippen LogP contribution < -0.4 is 5.32 Å². The maximum Gasteiger partial charge on any atom is 0.219 e. The molecule has 6 heteroatoms. The summed E-state index contributed by atoms with van der Waals surface area (Å²) in [5, 5.41) is 11.6. The Kier molecular flexibility index (Phi) is 5.02. The fraction of sp³-hybridized carbons (Fsp3) is 0.800. The van der Waals surface area contributed by atoms with E-state index in [2.05, 4.69) is 15.5 Å². The molecule has 1 aliphatic carbocycles. The van der Waals surface area contributed by atoms with Crippen molar-refractivity contribution in [1.82, 2.24) is 15.5 Å². The van der Waals surface area contributed by atoms with Crippen LogP contribution in [0.5, 0.6) is 0 Å². The van der Waals surface area contributed by atoms with Gasteiger partial charge >= 0.3 is 0 Å². The van der Waals surface area contributed by atoms with Crippen LogP contribution in [0.1, 0.15) is 49.3 Å². The molecule has 3 rings (SSSR count). The highest BCUT2D eigenvalue weighted by atomic mass is 35.5. The molecule has 0 unspecified atom stereocenters. The van der Waals surface area contributed by atoms with Crippen LogP contribution >= 0.6 is 24.8 Å². The lowest BCUT2D eigenvalue weighted by Crippen LogP contribution is -2.26. The third-order valence-corrected chi connectivity index (χ3v) is 3.07. The van der Waals surface area contributed by atoms with Gasteiger partial charge in [-0.15, -0.1) is 35.0 Å². The minimum Gasteiger partial charge on any atom is -0.425 e. The van der Waals surface area contributed by atoms with Crippen LogP contribution in [-0.2, 0) is 0 Å². The standard InChI is InChI=1S/C10H15N3O.2ClH/c1-2-7(1)9-12-13-10(14-9)8-3-5-11-6-4-8;;/h7-8,11H,1-6H2;2*1H. The predicted molar refractivity (Wildman–Crippen MR) is 65.6 cm³/mol. The monoisotopic (exact) mass is 265 g/mol. The Morgan fingerprint density at radius 3 is 1.88 bits per heavy atom. The van der Waals surface area contributed by atoms with Gasteiger partial charge in [0.25, 0.3) is 0 Å². The SMILES string of the molecule is C1CC(c2nnc(C3CC3)o2)CCN1.Cl.Cl. The summed E-state index contributed by atoms with van der Waals surface area (Å²) >= 11 is 0. The number of rotatable bonds is 2. The quantitative estimate of drug-likeness (QED) is 0.892. The Morgan fingerprint density at radius 2 is 1.38 bits per heavy atom. The maximum absolute atomic E-state index is 5.70. The smallest absolute Gasteiger partial charge is 0.219 e. The number of aromatic nitrogens is 2. The predicted octanol–water partition coefficient (Wildman–Crippen LogP) is 2.26. The van der Waals surface area contributed by atoms with Crippen LogP contribution in [0.25, 0.3) is 0 Å². The molecule has 2 aliphatic rings. The third-order valence-electron chi connectivity index (χ3n) is 3.07. The lowest BCUT2D eigenvalue weighted by atomic mass is 9.98. The van der Waals surface area contributed by atoms with Crippen molar-refractivity contribution in [3.8, 4) is 0 Å². The fourth-order valence-corrected chi connectivity index (χ4v) is 1.98. The zero-order valence-electron chi connectivity index (χ0n) is 9.02. The van der Waals surface area contributed by atoms with Gasteiger partial charge < -0.3 is 9.73 Å². The summed E-state index contributed by atoms with van der Waals surface area (Å²) in [6, 6.07) is 0. The average molecular weight is 266 g/mol. The summed E-state index contributed by atoms with van der Waals surface area (Å²) in [6.07, 6.45) is 4.72. The van der Waals surface area contributed by atoms with Gasteiger partial charge in [-0.3, -0.25) is 0 Å². The summed E-state index contributed by atoms with van der Waals surface area (Å²) < 4.78 is 5.70. The molecule has 92 valence electrons. The molecule has 2 fully saturated rings. The molecular weight excluding hydrogens is 249 g/mol. The Balaban J connectivity index is 0.000000640. The van der Waals surface area contributed by atoms with Crippen LogP contribution in [0.15, 0.2) is 4.42 Å². The van der Waals surface area contributed by atoms with E-state index in [1.165, 1.54) is 12.8 Å². The highest BCUT2D eigenvalue weighted by Gasteiger charge is 2.30. The minimum absolute atomic E-state index is 0. The van der Waals surface area contributed by atoms with E-state index in [1.807, 2.05) is 0 Å². The summed E-state index contributed by atoms with van der Waals surface area (Å²) in [6.45, 7) is 2.15. The van der Waals surface area contributed by atoms with Crippen LogP contribution in [0.4, 0.5) is 0 Å². The van der Waals surface area contributed by atoms with Gasteiger partial charge in [0.2, 0.25) is 11.8 Å². The lowest BCUT2D eigenvalue weighted by molar-refractivity contribution is 0.361. The molecule has 0 spiro atoms. The first-order chi connectivity index (χ1) is 6.93. The van der Waals surface area contributed by atoms with Gasteiger partial charge in [-0.2, -0.15) is 0 Å². The van der Waals surface area contributed by atoms with E-state index in [0.717, 1.165) is 37.7 Å². The van der Waals surface area contributed by atoms with E-state index in [0.29, 0.717) is 11.8 Å². The fourth-order valence-electron chi connectivity index (χ4n) is 1.98. The van der Waals surface area contributed by atoms with Gasteiger partial charge in [0.05, 0.1) is 0 Å². The number of hydrogen-bond acceptors (Lipinski definition) is 4. The molecule has 1 aliphatic heterocycles. The Hall–Kier alpha value is -0.320. The van der Waals surface area contributed by atoms with Crippen molar-refractivity contribution in [3.63, 3.8) is 0 Å². The lowest BCUT2D eigenvalue weighted by Gasteiger charge is -2.18. The van der Waals surface area contributed by atoms with E-state index < -0.39 is 0 Å². The highest BCUT2D eigenvalue weighted by Crippen LogP contribution is 2.40. The van der Waals surface area contributed by atoms with Gasteiger partial charge in [0.15, 0.2) is 0 Å². The maximum atomic E-state index is 5.70. The van der Waals surface area contributed by atoms with E-state index in [-0.39, 0.29) is 24.8 Å². The number of halogens is 2. The summed E-state index contributed by atoms with van der Waals surface area (Å²) in [5.74, 6) is 2.82. The zero-order valence-corrected chi connectivity index (χ0v) is 10.6. The molecule has 1 saturated heterocycles. The molecule has 0 aromatic carbocycles. The van der Waals surface area contributed by atoms with Gasteiger partial charge in [-0.05, 0) is 38.8 Å². The second kappa shape index (κ2) is 5.84. The molecule has 0 atom stereocenters. The first-order valence-electron chi connectivity index (χ1n) is 5.47. The second-order valence-corrected chi connectivity index (χ2v) is 4.28. The molecule has 0 radical (unpaired) electrons. The van der Waals surface area contributed by atoms with Gasteiger partial charge in [0, 0.05) is 11.8 Å². The molecule has 0 bridgehead atoms. The van der Waals surface area contributed by atoms with Crippen molar-refractivity contribution in [2.75, 3.05) is 13.1 Å². The normalized spacial score (nSPS) is 21.0. The molecule has 16 heavy (non-hydrogen) atoms. The van der Waals surface area contributed by atoms with Crippen LogP contribution in [-0.4, -0.2) is 23.3 Å². The number of nitrogens with zero attached hydrogens (tertiary/aromatic N) is 2. The average Bonchev–Trinajstić information content (AvgIpc) is 2.98. The minimum atomic E-state index is 0. The summed E-state index contributed by atoms with van der Waals surface area (Å²) in [5.41, 5.74) is 0. The molecule has 1 N–H and O–H groups in total. The third kappa shape index (κ3) is 2.87. The second-order valence-electron chi connectivity index (χ2n) is 4.28. The van der Waals surface area contributed by atoms with E-state index in [4.69, 9.17) is 4.42 Å². The van der Waals surface area contributed by atoms with E-state index >= 15 is 0 Å². The van der Waals surface area contributed by atoms with Crippen molar-refractivity contribution in [2.45, 2.75) is 37.5 Å². The molecule has 0 amide bonds. The number of hydrogen-bond donors (Lipinski definition) is 1.